The molecule has 2 aliphatic heterocycles. The molecule has 0 aromatic carbocycles. The van der Waals surface area contributed by atoms with E-state index in [9.17, 15) is 9.59 Å². The van der Waals surface area contributed by atoms with Gasteiger partial charge in [-0.05, 0) is 58.9 Å². The van der Waals surface area contributed by atoms with Gasteiger partial charge in [0.2, 0.25) is 5.88 Å². The van der Waals surface area contributed by atoms with Gasteiger partial charge in [-0.3, -0.25) is 9.59 Å². The van der Waals surface area contributed by atoms with Crippen molar-refractivity contribution in [3.63, 3.8) is 0 Å². The average molecular weight is 505 g/mol. The number of carbonyl (C=O) groups excluding carboxylic acids is 2. The predicted molar refractivity (Wildman–Crippen MR) is 130 cm³/mol. The van der Waals surface area contributed by atoms with Gasteiger partial charge in [-0.2, -0.15) is 5.10 Å². The molecule has 0 N–H and O–H groups in total. The molecule has 35 heavy (non-hydrogen) atoms. The molecule has 9 nitrogen and oxygen atoms in total. The third-order valence-corrected chi connectivity index (χ3v) is 6.52. The Morgan fingerprint density at radius 1 is 1.14 bits per heavy atom. The number of methoxy groups -OCH3 is 1. The average Bonchev–Trinajstić information content (AvgIpc) is 3.29. The maximum atomic E-state index is 13.4. The number of nitrogens with zero attached hydrogens (tertiary/aromatic N) is 4. The number of hydrogen-bond donors (Lipinski definition) is 0. The Bertz CT molecular complexity index is 1070. The summed E-state index contributed by atoms with van der Waals surface area (Å²) in [6, 6.07) is 3.49. The highest BCUT2D eigenvalue weighted by molar-refractivity contribution is 6.33. The third-order valence-electron chi connectivity index (χ3n) is 6.22. The minimum absolute atomic E-state index is 0.180. The molecule has 1 atom stereocenters. The highest BCUT2D eigenvalue weighted by Crippen LogP contribution is 2.35. The van der Waals surface area contributed by atoms with Crippen molar-refractivity contribution in [2.24, 2.45) is 5.92 Å². The zero-order valence-corrected chi connectivity index (χ0v) is 21.5. The van der Waals surface area contributed by atoms with Crippen molar-refractivity contribution in [1.29, 1.82) is 0 Å². The first kappa shape index (κ1) is 25.4. The van der Waals surface area contributed by atoms with E-state index in [0.717, 1.165) is 19.3 Å². The number of esters is 1. The molecule has 2 saturated heterocycles. The van der Waals surface area contributed by atoms with E-state index in [1.165, 1.54) is 13.3 Å². The van der Waals surface area contributed by atoms with Crippen LogP contribution in [-0.4, -0.2) is 63.9 Å². The van der Waals surface area contributed by atoms with Gasteiger partial charge in [0.25, 0.3) is 5.91 Å². The summed E-state index contributed by atoms with van der Waals surface area (Å²) < 4.78 is 18.5. The molecular weight excluding hydrogens is 472 g/mol. The fourth-order valence-corrected chi connectivity index (χ4v) is 4.63. The largest absolute Gasteiger partial charge is 0.481 e. The van der Waals surface area contributed by atoms with E-state index < -0.39 is 5.60 Å². The SMILES string of the molecule is COc1cc(-c2cc(C(=O)N3CCC(C(=O)OC(C)(C)C)CC3)nn2C2CCCCO2)c(Cl)cn1. The first-order valence-corrected chi connectivity index (χ1v) is 12.5. The summed E-state index contributed by atoms with van der Waals surface area (Å²) in [7, 11) is 1.54. The van der Waals surface area contributed by atoms with Crippen LogP contribution in [0.1, 0.15) is 69.6 Å². The molecule has 2 aromatic rings. The van der Waals surface area contributed by atoms with Crippen LogP contribution in [-0.2, 0) is 14.3 Å². The Hall–Kier alpha value is -2.65. The molecule has 4 rings (SSSR count). The maximum absolute atomic E-state index is 13.4. The summed E-state index contributed by atoms with van der Waals surface area (Å²) in [5.74, 6) is -0.170. The molecule has 4 heterocycles. The van der Waals surface area contributed by atoms with Crippen molar-refractivity contribution >= 4 is 23.5 Å². The molecule has 0 aliphatic carbocycles. The number of ether oxygens (including phenoxy) is 3. The van der Waals surface area contributed by atoms with Gasteiger partial charge in [0.1, 0.15) is 5.60 Å². The highest BCUT2D eigenvalue weighted by atomic mass is 35.5. The van der Waals surface area contributed by atoms with Crippen molar-refractivity contribution in [3.05, 3.63) is 29.0 Å². The second-order valence-corrected chi connectivity index (χ2v) is 10.4. The molecule has 0 spiro atoms. The van der Waals surface area contributed by atoms with E-state index in [2.05, 4.69) is 10.1 Å². The van der Waals surface area contributed by atoms with E-state index in [4.69, 9.17) is 25.8 Å². The lowest BCUT2D eigenvalue weighted by atomic mass is 9.96. The summed E-state index contributed by atoms with van der Waals surface area (Å²) in [4.78, 5) is 31.8. The minimum Gasteiger partial charge on any atom is -0.481 e. The van der Waals surface area contributed by atoms with E-state index >= 15 is 0 Å². The van der Waals surface area contributed by atoms with Crippen molar-refractivity contribution in [1.82, 2.24) is 19.7 Å². The number of carbonyl (C=O) groups is 2. The maximum Gasteiger partial charge on any atom is 0.309 e. The van der Waals surface area contributed by atoms with Gasteiger partial charge in [0, 0.05) is 31.3 Å². The highest BCUT2D eigenvalue weighted by Gasteiger charge is 2.33. The monoisotopic (exact) mass is 504 g/mol. The van der Waals surface area contributed by atoms with Gasteiger partial charge in [-0.1, -0.05) is 11.6 Å². The molecule has 1 unspecified atom stereocenters. The van der Waals surface area contributed by atoms with Gasteiger partial charge in [-0.15, -0.1) is 0 Å². The van der Waals surface area contributed by atoms with Gasteiger partial charge in [0.15, 0.2) is 11.9 Å². The number of rotatable bonds is 5. The van der Waals surface area contributed by atoms with E-state index in [0.29, 0.717) is 60.4 Å². The number of piperidine rings is 1. The lowest BCUT2D eigenvalue weighted by Crippen LogP contribution is -2.42. The molecule has 10 heteroatoms. The quantitative estimate of drug-likeness (QED) is 0.553. The molecule has 2 fully saturated rings. The summed E-state index contributed by atoms with van der Waals surface area (Å²) in [6.07, 6.45) is 5.17. The van der Waals surface area contributed by atoms with Crippen LogP contribution in [0.25, 0.3) is 11.3 Å². The molecule has 190 valence electrons. The van der Waals surface area contributed by atoms with Gasteiger partial charge in [0.05, 0.1) is 29.9 Å². The van der Waals surface area contributed by atoms with E-state index in [1.54, 1.807) is 21.7 Å². The summed E-state index contributed by atoms with van der Waals surface area (Å²) in [5.41, 5.74) is 1.14. The minimum atomic E-state index is -0.522. The second kappa shape index (κ2) is 10.5. The van der Waals surface area contributed by atoms with Crippen molar-refractivity contribution in [2.45, 2.75) is 64.7 Å². The van der Waals surface area contributed by atoms with Crippen molar-refractivity contribution in [3.8, 4) is 17.1 Å². The van der Waals surface area contributed by atoms with Crippen LogP contribution in [0.2, 0.25) is 5.02 Å². The zero-order valence-electron chi connectivity index (χ0n) is 20.8. The molecule has 1 amide bonds. The Morgan fingerprint density at radius 3 is 2.51 bits per heavy atom. The Balaban J connectivity index is 1.56. The van der Waals surface area contributed by atoms with Crippen LogP contribution in [0.3, 0.4) is 0 Å². The van der Waals surface area contributed by atoms with Crippen LogP contribution >= 0.6 is 11.6 Å². The second-order valence-electron chi connectivity index (χ2n) is 9.99. The predicted octanol–water partition coefficient (Wildman–Crippen LogP) is 4.50. The van der Waals surface area contributed by atoms with Gasteiger partial charge in [-0.25, -0.2) is 9.67 Å². The van der Waals surface area contributed by atoms with Crippen LogP contribution in [0.15, 0.2) is 18.3 Å². The molecule has 0 radical (unpaired) electrons. The molecule has 2 aliphatic rings. The summed E-state index contributed by atoms with van der Waals surface area (Å²) in [5, 5.41) is 5.10. The first-order chi connectivity index (χ1) is 16.7. The van der Waals surface area contributed by atoms with Crippen LogP contribution in [0, 0.1) is 5.92 Å². The van der Waals surface area contributed by atoms with Crippen molar-refractivity contribution < 1.29 is 23.8 Å². The zero-order chi connectivity index (χ0) is 25.2. The fourth-order valence-electron chi connectivity index (χ4n) is 4.43. The summed E-state index contributed by atoms with van der Waals surface area (Å²) in [6.45, 7) is 7.15. The first-order valence-electron chi connectivity index (χ1n) is 12.1. The van der Waals surface area contributed by atoms with Gasteiger partial charge >= 0.3 is 5.97 Å². The lowest BCUT2D eigenvalue weighted by Gasteiger charge is -2.32. The molecule has 0 saturated carbocycles. The van der Waals surface area contributed by atoms with E-state index in [1.807, 2.05) is 20.8 Å². The fraction of sp³-hybridized carbons (Fsp3) is 0.600. The smallest absolute Gasteiger partial charge is 0.309 e. The normalized spacial score (nSPS) is 19.5. The van der Waals surface area contributed by atoms with Gasteiger partial charge < -0.3 is 19.1 Å². The van der Waals surface area contributed by atoms with E-state index in [-0.39, 0.29) is 24.0 Å². The topological polar surface area (TPSA) is 95.8 Å². The molecule has 0 bridgehead atoms. The Morgan fingerprint density at radius 2 is 1.89 bits per heavy atom. The van der Waals surface area contributed by atoms with Crippen molar-refractivity contribution in [2.75, 3.05) is 26.8 Å². The number of aromatic nitrogens is 3. The third kappa shape index (κ3) is 5.95. The Kier molecular flexibility index (Phi) is 7.66. The van der Waals surface area contributed by atoms with Crippen LogP contribution < -0.4 is 4.74 Å². The lowest BCUT2D eigenvalue weighted by molar-refractivity contribution is -0.161. The number of hydrogen-bond acceptors (Lipinski definition) is 7. The number of pyridine rings is 1. The Labute approximate surface area is 210 Å². The molecule has 2 aromatic heterocycles. The molecular formula is C25H33ClN4O5. The summed E-state index contributed by atoms with van der Waals surface area (Å²) >= 11 is 6.49. The number of halogens is 1. The number of likely N-dealkylation sites (tertiary alicyclic amines) is 1. The van der Waals surface area contributed by atoms with Crippen LogP contribution in [0.4, 0.5) is 0 Å². The standard InChI is InChI=1S/C25H33ClN4O5/c1-25(2,3)35-24(32)16-8-10-29(11-9-16)23(31)19-14-20(17-13-21(33-4)27-15-18(17)26)30(28-19)22-7-5-6-12-34-22/h13-16,22H,5-12H2,1-4H3. The number of amides is 1. The van der Waals surface area contributed by atoms with Crippen LogP contribution in [0.5, 0.6) is 5.88 Å².